The number of carbonyl (C=O) groups is 1. The van der Waals surface area contributed by atoms with Crippen molar-refractivity contribution in [3.63, 3.8) is 0 Å². The highest BCUT2D eigenvalue weighted by atomic mass is 32.1. The molecule has 0 aliphatic carbocycles. The number of nitrogens with zero attached hydrogens (tertiary/aromatic N) is 2. The molecule has 1 N–H and O–H groups in total. The lowest BCUT2D eigenvalue weighted by Gasteiger charge is -2.22. The van der Waals surface area contributed by atoms with Gasteiger partial charge in [-0.25, -0.2) is 0 Å². The minimum Gasteiger partial charge on any atom is -0.504 e. The van der Waals surface area contributed by atoms with E-state index in [0.29, 0.717) is 5.75 Å². The summed E-state index contributed by atoms with van der Waals surface area (Å²) in [5.74, 6) is 0.779. The van der Waals surface area contributed by atoms with Crippen LogP contribution < -0.4 is 4.74 Å². The Morgan fingerprint density at radius 1 is 1.25 bits per heavy atom. The van der Waals surface area contributed by atoms with E-state index in [1.54, 1.807) is 30.6 Å². The van der Waals surface area contributed by atoms with Crippen LogP contribution >= 0.6 is 11.3 Å². The van der Waals surface area contributed by atoms with Crippen molar-refractivity contribution in [2.75, 3.05) is 33.3 Å². The molecule has 0 saturated carbocycles. The number of methoxy groups -OCH3 is 1. The SMILES string of the molecule is COc1ccc(CN2CCCN(C(=O)c3ccsc3)CC2)cc1O. The van der Waals surface area contributed by atoms with Gasteiger partial charge in [0.1, 0.15) is 0 Å². The summed E-state index contributed by atoms with van der Waals surface area (Å²) >= 11 is 1.55. The third-order valence-electron chi connectivity index (χ3n) is 4.29. The van der Waals surface area contributed by atoms with Gasteiger partial charge in [0.25, 0.3) is 5.91 Å². The molecule has 24 heavy (non-hydrogen) atoms. The van der Waals surface area contributed by atoms with Crippen molar-refractivity contribution in [2.24, 2.45) is 0 Å². The van der Waals surface area contributed by atoms with Gasteiger partial charge in [0.05, 0.1) is 12.7 Å². The van der Waals surface area contributed by atoms with Crippen LogP contribution in [0, 0.1) is 0 Å². The number of thiophene rings is 1. The smallest absolute Gasteiger partial charge is 0.254 e. The van der Waals surface area contributed by atoms with E-state index in [9.17, 15) is 9.90 Å². The van der Waals surface area contributed by atoms with E-state index in [4.69, 9.17) is 4.74 Å². The molecule has 1 aliphatic rings. The quantitative estimate of drug-likeness (QED) is 0.925. The first-order valence-electron chi connectivity index (χ1n) is 8.07. The van der Waals surface area contributed by atoms with Crippen LogP contribution in [-0.2, 0) is 6.54 Å². The molecule has 1 fully saturated rings. The molecule has 2 aromatic rings. The van der Waals surface area contributed by atoms with Crippen molar-refractivity contribution >= 4 is 17.2 Å². The van der Waals surface area contributed by atoms with Gasteiger partial charge in [-0.3, -0.25) is 9.69 Å². The van der Waals surface area contributed by atoms with Crippen LogP contribution in [0.4, 0.5) is 0 Å². The van der Waals surface area contributed by atoms with Crippen molar-refractivity contribution in [3.8, 4) is 11.5 Å². The Morgan fingerprint density at radius 2 is 2.12 bits per heavy atom. The average Bonchev–Trinajstić information content (AvgIpc) is 3.02. The van der Waals surface area contributed by atoms with Gasteiger partial charge >= 0.3 is 0 Å². The second-order valence-corrected chi connectivity index (χ2v) is 6.72. The monoisotopic (exact) mass is 346 g/mol. The lowest BCUT2D eigenvalue weighted by atomic mass is 10.2. The number of hydrogen-bond acceptors (Lipinski definition) is 5. The highest BCUT2D eigenvalue weighted by Gasteiger charge is 2.20. The Balaban J connectivity index is 1.59. The maximum absolute atomic E-state index is 12.5. The first kappa shape index (κ1) is 16.8. The molecule has 1 saturated heterocycles. The number of phenols is 1. The molecule has 0 unspecified atom stereocenters. The molecule has 5 nitrogen and oxygen atoms in total. The Bertz CT molecular complexity index is 688. The number of ether oxygens (including phenoxy) is 1. The van der Waals surface area contributed by atoms with E-state index >= 15 is 0 Å². The van der Waals surface area contributed by atoms with Crippen molar-refractivity contribution < 1.29 is 14.6 Å². The molecule has 2 heterocycles. The van der Waals surface area contributed by atoms with Crippen LogP contribution in [-0.4, -0.2) is 54.1 Å². The van der Waals surface area contributed by atoms with Crippen LogP contribution in [0.3, 0.4) is 0 Å². The second-order valence-electron chi connectivity index (χ2n) is 5.94. The molecule has 3 rings (SSSR count). The summed E-state index contributed by atoms with van der Waals surface area (Å²) in [5.41, 5.74) is 1.83. The number of carbonyl (C=O) groups excluding carboxylic acids is 1. The predicted molar refractivity (Wildman–Crippen MR) is 94.8 cm³/mol. The van der Waals surface area contributed by atoms with Gasteiger partial charge in [0.2, 0.25) is 0 Å². The zero-order valence-corrected chi connectivity index (χ0v) is 14.6. The minimum atomic E-state index is 0.125. The lowest BCUT2D eigenvalue weighted by Crippen LogP contribution is -2.34. The van der Waals surface area contributed by atoms with Gasteiger partial charge < -0.3 is 14.7 Å². The molecular formula is C18H22N2O3S. The number of rotatable bonds is 4. The number of benzene rings is 1. The standard InChI is InChI=1S/C18H22N2O3S/c1-23-17-4-3-14(11-16(17)21)12-19-6-2-7-20(9-8-19)18(22)15-5-10-24-13-15/h3-5,10-11,13,21H,2,6-9,12H2,1H3. The molecule has 0 radical (unpaired) electrons. The van der Waals surface area contributed by atoms with Crippen molar-refractivity contribution in [1.29, 1.82) is 0 Å². The Hall–Kier alpha value is -2.05. The minimum absolute atomic E-state index is 0.125. The molecule has 128 valence electrons. The van der Waals surface area contributed by atoms with E-state index in [-0.39, 0.29) is 11.7 Å². The van der Waals surface area contributed by atoms with Crippen molar-refractivity contribution in [3.05, 3.63) is 46.2 Å². The maximum atomic E-state index is 12.5. The Kier molecular flexibility index (Phi) is 5.37. The van der Waals surface area contributed by atoms with Crippen LogP contribution in [0.2, 0.25) is 0 Å². The normalized spacial score (nSPS) is 16.0. The van der Waals surface area contributed by atoms with Crippen molar-refractivity contribution in [2.45, 2.75) is 13.0 Å². The summed E-state index contributed by atoms with van der Waals surface area (Å²) in [6.07, 6.45) is 0.956. The molecule has 6 heteroatoms. The summed E-state index contributed by atoms with van der Waals surface area (Å²) in [5, 5.41) is 13.7. The number of aromatic hydroxyl groups is 1. The molecule has 1 aromatic carbocycles. The first-order valence-corrected chi connectivity index (χ1v) is 9.01. The largest absolute Gasteiger partial charge is 0.504 e. The average molecular weight is 346 g/mol. The maximum Gasteiger partial charge on any atom is 0.254 e. The Labute approximate surface area is 146 Å². The van der Waals surface area contributed by atoms with Gasteiger partial charge in [-0.15, -0.1) is 0 Å². The van der Waals surface area contributed by atoms with Gasteiger partial charge in [-0.2, -0.15) is 11.3 Å². The predicted octanol–water partition coefficient (Wildman–Crippen LogP) is 2.81. The molecule has 1 aromatic heterocycles. The zero-order valence-electron chi connectivity index (χ0n) is 13.8. The molecule has 1 aliphatic heterocycles. The number of amides is 1. The van der Waals surface area contributed by atoms with Crippen LogP contribution in [0.5, 0.6) is 11.5 Å². The van der Waals surface area contributed by atoms with E-state index < -0.39 is 0 Å². The van der Waals surface area contributed by atoms with E-state index in [0.717, 1.165) is 50.3 Å². The van der Waals surface area contributed by atoms with Gasteiger partial charge in [-0.1, -0.05) is 6.07 Å². The fourth-order valence-corrected chi connectivity index (χ4v) is 3.62. The van der Waals surface area contributed by atoms with Gasteiger partial charge in [0, 0.05) is 38.1 Å². The fraction of sp³-hybridized carbons (Fsp3) is 0.389. The highest BCUT2D eigenvalue weighted by Crippen LogP contribution is 2.27. The van der Waals surface area contributed by atoms with Crippen LogP contribution in [0.25, 0.3) is 0 Å². The summed E-state index contributed by atoms with van der Waals surface area (Å²) < 4.78 is 5.08. The first-order chi connectivity index (χ1) is 11.7. The third kappa shape index (κ3) is 3.88. The van der Waals surface area contributed by atoms with E-state index in [2.05, 4.69) is 4.90 Å². The fourth-order valence-electron chi connectivity index (χ4n) is 2.99. The summed E-state index contributed by atoms with van der Waals surface area (Å²) in [6.45, 7) is 4.07. The van der Waals surface area contributed by atoms with Crippen molar-refractivity contribution in [1.82, 2.24) is 9.80 Å². The summed E-state index contributed by atoms with van der Waals surface area (Å²) in [6, 6.07) is 7.39. The van der Waals surface area contributed by atoms with Gasteiger partial charge in [-0.05, 0) is 35.6 Å². The van der Waals surface area contributed by atoms with Gasteiger partial charge in [0.15, 0.2) is 11.5 Å². The van der Waals surface area contributed by atoms with Crippen LogP contribution in [0.15, 0.2) is 35.0 Å². The Morgan fingerprint density at radius 3 is 2.83 bits per heavy atom. The molecular weight excluding hydrogens is 324 g/mol. The molecule has 0 spiro atoms. The molecule has 0 atom stereocenters. The zero-order chi connectivity index (χ0) is 16.9. The highest BCUT2D eigenvalue weighted by molar-refractivity contribution is 7.08. The summed E-state index contributed by atoms with van der Waals surface area (Å²) in [7, 11) is 1.54. The summed E-state index contributed by atoms with van der Waals surface area (Å²) in [4.78, 5) is 16.7. The lowest BCUT2D eigenvalue weighted by molar-refractivity contribution is 0.0761. The van der Waals surface area contributed by atoms with E-state index in [1.165, 1.54) is 0 Å². The number of phenolic OH excluding ortho intramolecular Hbond substituents is 1. The number of hydrogen-bond donors (Lipinski definition) is 1. The molecule has 0 bridgehead atoms. The third-order valence-corrected chi connectivity index (χ3v) is 4.98. The van der Waals surface area contributed by atoms with Crippen LogP contribution in [0.1, 0.15) is 22.3 Å². The van der Waals surface area contributed by atoms with E-state index in [1.807, 2.05) is 27.8 Å². The second kappa shape index (κ2) is 7.68. The topological polar surface area (TPSA) is 53.0 Å². The molecule has 1 amide bonds.